The maximum Gasteiger partial charge on any atom is 0.321 e. The van der Waals surface area contributed by atoms with Crippen molar-refractivity contribution in [3.63, 3.8) is 0 Å². The molecule has 1 atom stereocenters. The number of benzene rings is 3. The van der Waals surface area contributed by atoms with Crippen LogP contribution in [0.1, 0.15) is 51.4 Å². The SMILES string of the molecule is O=C(O)C1CCCCN1Sc1ccc(OCC2CCCCC2)cc1.Oc1ccc(-c2ccc(Cl)cc2)cc1. The van der Waals surface area contributed by atoms with Gasteiger partial charge in [-0.1, -0.05) is 55.1 Å². The fraction of sp³-hybridized carbons (Fsp3) is 0.387. The molecule has 3 aromatic rings. The van der Waals surface area contributed by atoms with Crippen molar-refractivity contribution in [2.45, 2.75) is 62.3 Å². The number of phenols is 1. The lowest BCUT2D eigenvalue weighted by molar-refractivity contribution is -0.142. The van der Waals surface area contributed by atoms with Gasteiger partial charge in [-0.05, 0) is 110 Å². The Morgan fingerprint density at radius 2 is 1.45 bits per heavy atom. The fourth-order valence-electron chi connectivity index (χ4n) is 4.86. The molecule has 1 saturated heterocycles. The predicted octanol–water partition coefficient (Wildman–Crippen LogP) is 8.30. The van der Waals surface area contributed by atoms with Crippen molar-refractivity contribution >= 4 is 29.5 Å². The van der Waals surface area contributed by atoms with E-state index >= 15 is 0 Å². The highest BCUT2D eigenvalue weighted by Gasteiger charge is 2.29. The number of nitrogens with zero attached hydrogens (tertiary/aromatic N) is 1. The lowest BCUT2D eigenvalue weighted by Crippen LogP contribution is -2.40. The van der Waals surface area contributed by atoms with Crippen LogP contribution in [-0.2, 0) is 4.79 Å². The van der Waals surface area contributed by atoms with Gasteiger partial charge in [-0.2, -0.15) is 0 Å². The number of hydrogen-bond acceptors (Lipinski definition) is 5. The van der Waals surface area contributed by atoms with Gasteiger partial charge in [0, 0.05) is 16.5 Å². The van der Waals surface area contributed by atoms with E-state index in [9.17, 15) is 9.90 Å². The van der Waals surface area contributed by atoms with Crippen LogP contribution in [0.15, 0.2) is 77.7 Å². The molecule has 0 amide bonds. The summed E-state index contributed by atoms with van der Waals surface area (Å²) in [7, 11) is 0. The number of halogens is 1. The first-order valence-corrected chi connectivity index (χ1v) is 14.6. The van der Waals surface area contributed by atoms with Crippen LogP contribution in [0.2, 0.25) is 5.02 Å². The minimum absolute atomic E-state index is 0.280. The van der Waals surface area contributed by atoms with Gasteiger partial charge in [0.05, 0.1) is 6.61 Å². The minimum atomic E-state index is -0.713. The monoisotopic (exact) mass is 553 g/mol. The number of piperidine rings is 1. The van der Waals surface area contributed by atoms with E-state index in [4.69, 9.17) is 21.4 Å². The molecule has 38 heavy (non-hydrogen) atoms. The molecule has 0 bridgehead atoms. The number of aromatic hydroxyl groups is 1. The van der Waals surface area contributed by atoms with Gasteiger partial charge in [0.1, 0.15) is 17.5 Å². The van der Waals surface area contributed by atoms with Crippen molar-refractivity contribution in [2.24, 2.45) is 5.92 Å². The van der Waals surface area contributed by atoms with Crippen LogP contribution in [0.4, 0.5) is 0 Å². The van der Waals surface area contributed by atoms with E-state index in [-0.39, 0.29) is 11.8 Å². The normalized spacial score (nSPS) is 18.3. The number of aliphatic carboxylic acids is 1. The van der Waals surface area contributed by atoms with Gasteiger partial charge in [-0.15, -0.1) is 0 Å². The topological polar surface area (TPSA) is 70.0 Å². The van der Waals surface area contributed by atoms with Crippen molar-refractivity contribution in [1.29, 1.82) is 0 Å². The number of rotatable bonds is 7. The molecule has 1 aliphatic heterocycles. The number of phenolic OH excluding ortho intramolecular Hbond substituents is 1. The minimum Gasteiger partial charge on any atom is -0.508 e. The molecule has 0 spiro atoms. The largest absolute Gasteiger partial charge is 0.508 e. The third-order valence-electron chi connectivity index (χ3n) is 7.04. The number of carboxylic acid groups (broad SMARTS) is 1. The lowest BCUT2D eigenvalue weighted by Gasteiger charge is -2.31. The quantitative estimate of drug-likeness (QED) is 0.287. The van der Waals surface area contributed by atoms with Crippen LogP contribution < -0.4 is 4.74 Å². The summed E-state index contributed by atoms with van der Waals surface area (Å²) in [6, 6.07) is 22.4. The van der Waals surface area contributed by atoms with Gasteiger partial charge in [0.25, 0.3) is 0 Å². The Hall–Kier alpha value is -2.67. The highest BCUT2D eigenvalue weighted by molar-refractivity contribution is 7.97. The average Bonchev–Trinajstić information content (AvgIpc) is 2.95. The first-order valence-electron chi connectivity index (χ1n) is 13.4. The van der Waals surface area contributed by atoms with E-state index in [1.807, 2.05) is 65.0 Å². The zero-order valence-electron chi connectivity index (χ0n) is 21.6. The highest BCUT2D eigenvalue weighted by atomic mass is 35.5. The second-order valence-corrected chi connectivity index (χ2v) is 11.5. The molecule has 5 rings (SSSR count). The molecule has 7 heteroatoms. The summed E-state index contributed by atoms with van der Waals surface area (Å²) in [4.78, 5) is 12.4. The van der Waals surface area contributed by atoms with Crippen LogP contribution in [0.5, 0.6) is 11.5 Å². The molecule has 5 nitrogen and oxygen atoms in total. The van der Waals surface area contributed by atoms with Crippen LogP contribution in [-0.4, -0.2) is 39.7 Å². The second kappa shape index (κ2) is 14.5. The van der Waals surface area contributed by atoms with Crippen LogP contribution in [0.3, 0.4) is 0 Å². The Morgan fingerprint density at radius 3 is 2.08 bits per heavy atom. The Labute approximate surface area is 234 Å². The average molecular weight is 554 g/mol. The molecule has 3 aromatic carbocycles. The summed E-state index contributed by atoms with van der Waals surface area (Å²) >= 11 is 7.34. The summed E-state index contributed by atoms with van der Waals surface area (Å²) in [5.41, 5.74) is 2.16. The molecule has 1 saturated carbocycles. The van der Waals surface area contributed by atoms with E-state index in [1.54, 1.807) is 24.1 Å². The molecule has 202 valence electrons. The van der Waals surface area contributed by atoms with Gasteiger partial charge in [0.2, 0.25) is 0 Å². The summed E-state index contributed by atoms with van der Waals surface area (Å²) in [6.07, 6.45) is 9.44. The number of carboxylic acids is 1. The summed E-state index contributed by atoms with van der Waals surface area (Å²) in [5.74, 6) is 1.19. The van der Waals surface area contributed by atoms with E-state index < -0.39 is 5.97 Å². The van der Waals surface area contributed by atoms with Gasteiger partial charge in [-0.25, -0.2) is 4.31 Å². The summed E-state index contributed by atoms with van der Waals surface area (Å²) in [6.45, 7) is 1.65. The summed E-state index contributed by atoms with van der Waals surface area (Å²) < 4.78 is 7.94. The maximum atomic E-state index is 11.4. The van der Waals surface area contributed by atoms with E-state index in [0.717, 1.165) is 59.2 Å². The van der Waals surface area contributed by atoms with Crippen LogP contribution in [0, 0.1) is 5.92 Å². The summed E-state index contributed by atoms with van der Waals surface area (Å²) in [5, 5.41) is 19.2. The van der Waals surface area contributed by atoms with Crippen LogP contribution in [0.25, 0.3) is 11.1 Å². The molecule has 2 aliphatic rings. The molecule has 0 aromatic heterocycles. The molecule has 1 aliphatic carbocycles. The molecule has 2 fully saturated rings. The number of ether oxygens (including phenoxy) is 1. The predicted molar refractivity (Wildman–Crippen MR) is 155 cm³/mol. The Kier molecular flexibility index (Phi) is 10.8. The van der Waals surface area contributed by atoms with E-state index in [0.29, 0.717) is 5.92 Å². The van der Waals surface area contributed by atoms with E-state index in [2.05, 4.69) is 0 Å². The number of carbonyl (C=O) groups is 1. The van der Waals surface area contributed by atoms with Crippen molar-refractivity contribution in [3.8, 4) is 22.6 Å². The van der Waals surface area contributed by atoms with Gasteiger partial charge in [0.15, 0.2) is 0 Å². The van der Waals surface area contributed by atoms with Crippen molar-refractivity contribution in [1.82, 2.24) is 4.31 Å². The zero-order chi connectivity index (χ0) is 26.7. The third kappa shape index (κ3) is 8.69. The van der Waals surface area contributed by atoms with Crippen molar-refractivity contribution in [3.05, 3.63) is 77.8 Å². The first kappa shape index (κ1) is 28.3. The third-order valence-corrected chi connectivity index (χ3v) is 8.45. The van der Waals surface area contributed by atoms with E-state index in [1.165, 1.54) is 32.1 Å². The molecule has 0 radical (unpaired) electrons. The lowest BCUT2D eigenvalue weighted by atomic mass is 9.90. The van der Waals surface area contributed by atoms with Gasteiger partial charge in [-0.3, -0.25) is 4.79 Å². The Morgan fingerprint density at radius 1 is 0.842 bits per heavy atom. The van der Waals surface area contributed by atoms with Gasteiger partial charge < -0.3 is 14.9 Å². The Balaban J connectivity index is 0.000000204. The Bertz CT molecular complexity index is 1090. The molecule has 1 heterocycles. The van der Waals surface area contributed by atoms with Crippen LogP contribution >= 0.6 is 23.5 Å². The standard InChI is InChI=1S/C19H27NO3S.C12H9ClO/c21-19(22)18-8-4-5-13-20(18)24-17-11-9-16(10-12-17)23-14-15-6-2-1-3-7-15;13-11-5-1-9(2-6-11)10-3-7-12(14)8-4-10/h9-12,15,18H,1-8,13-14H2,(H,21,22);1-8,14H. The zero-order valence-corrected chi connectivity index (χ0v) is 23.2. The van der Waals surface area contributed by atoms with Crippen molar-refractivity contribution in [2.75, 3.05) is 13.2 Å². The molecular formula is C31H36ClNO4S. The first-order chi connectivity index (χ1) is 18.5. The fourth-order valence-corrected chi connectivity index (χ4v) is 6.06. The highest BCUT2D eigenvalue weighted by Crippen LogP contribution is 2.32. The van der Waals surface area contributed by atoms with Crippen molar-refractivity contribution < 1.29 is 19.7 Å². The van der Waals surface area contributed by atoms with Gasteiger partial charge >= 0.3 is 5.97 Å². The molecule has 2 N–H and O–H groups in total. The molecule has 1 unspecified atom stereocenters. The smallest absolute Gasteiger partial charge is 0.321 e. The number of hydrogen-bond donors (Lipinski definition) is 2. The maximum absolute atomic E-state index is 11.4. The molecular weight excluding hydrogens is 518 g/mol. The second-order valence-electron chi connectivity index (χ2n) is 9.92.